The number of rotatable bonds is 4. The van der Waals surface area contributed by atoms with Crippen LogP contribution in [-0.4, -0.2) is 44.7 Å². The Kier molecular flexibility index (Phi) is 4.55. The minimum atomic E-state index is -3.55. The quantitative estimate of drug-likeness (QED) is 0.720. The van der Waals surface area contributed by atoms with Gasteiger partial charge in [-0.15, -0.1) is 0 Å². The standard InChI is InChI=1S/C14H20N2O7S/c1-14(2)12(17)11(22-13(15)18)7-5-10(21-3)8(6-9(7)23-14)16-24(4,19)20/h5-6,11-12,16-17H,1-4H3,(H2,15,18). The number of nitrogens with one attached hydrogen (secondary N) is 1. The zero-order valence-corrected chi connectivity index (χ0v) is 14.5. The minimum absolute atomic E-state index is 0.156. The van der Waals surface area contributed by atoms with E-state index in [-0.39, 0.29) is 17.2 Å². The van der Waals surface area contributed by atoms with Crippen LogP contribution in [0, 0.1) is 0 Å². The molecule has 0 aromatic heterocycles. The number of methoxy groups -OCH3 is 1. The van der Waals surface area contributed by atoms with Crippen molar-refractivity contribution in [1.82, 2.24) is 0 Å². The summed E-state index contributed by atoms with van der Waals surface area (Å²) in [7, 11) is -2.20. The molecule has 4 N–H and O–H groups in total. The van der Waals surface area contributed by atoms with Gasteiger partial charge in [-0.2, -0.15) is 0 Å². The van der Waals surface area contributed by atoms with Gasteiger partial charge in [0.15, 0.2) is 6.10 Å². The van der Waals surface area contributed by atoms with Crippen molar-refractivity contribution in [3.05, 3.63) is 17.7 Å². The average molecular weight is 360 g/mol. The third kappa shape index (κ3) is 3.65. The molecule has 1 aliphatic heterocycles. The Balaban J connectivity index is 2.60. The van der Waals surface area contributed by atoms with Crippen molar-refractivity contribution in [3.8, 4) is 11.5 Å². The summed E-state index contributed by atoms with van der Waals surface area (Å²) in [6, 6.07) is 2.83. The Morgan fingerprint density at radius 3 is 2.54 bits per heavy atom. The molecule has 134 valence electrons. The number of aliphatic hydroxyl groups excluding tert-OH is 1. The number of anilines is 1. The summed E-state index contributed by atoms with van der Waals surface area (Å²) in [5.74, 6) is 0.413. The molecule has 1 aliphatic rings. The fourth-order valence-electron chi connectivity index (χ4n) is 2.47. The first-order chi connectivity index (χ1) is 10.9. The fourth-order valence-corrected chi connectivity index (χ4v) is 3.03. The molecule has 9 nitrogen and oxygen atoms in total. The zero-order chi connectivity index (χ0) is 18.3. The van der Waals surface area contributed by atoms with E-state index in [4.69, 9.17) is 19.9 Å². The number of sulfonamides is 1. The highest BCUT2D eigenvalue weighted by Gasteiger charge is 2.45. The van der Waals surface area contributed by atoms with Crippen molar-refractivity contribution in [2.24, 2.45) is 5.73 Å². The van der Waals surface area contributed by atoms with Gasteiger partial charge >= 0.3 is 6.09 Å². The van der Waals surface area contributed by atoms with Gasteiger partial charge in [-0.3, -0.25) is 4.72 Å². The number of hydrogen-bond donors (Lipinski definition) is 3. The van der Waals surface area contributed by atoms with E-state index in [2.05, 4.69) is 4.72 Å². The third-order valence-electron chi connectivity index (χ3n) is 3.55. The summed E-state index contributed by atoms with van der Waals surface area (Å²) in [5, 5.41) is 10.4. The van der Waals surface area contributed by atoms with E-state index in [9.17, 15) is 18.3 Å². The second kappa shape index (κ2) is 6.02. The maximum Gasteiger partial charge on any atom is 0.405 e. The van der Waals surface area contributed by atoms with Crippen molar-refractivity contribution >= 4 is 21.8 Å². The van der Waals surface area contributed by atoms with Gasteiger partial charge in [-0.1, -0.05) is 0 Å². The number of hydrogen-bond acceptors (Lipinski definition) is 7. The highest BCUT2D eigenvalue weighted by molar-refractivity contribution is 7.92. The van der Waals surface area contributed by atoms with Gasteiger partial charge in [0, 0.05) is 11.6 Å². The summed E-state index contributed by atoms with van der Waals surface area (Å²) >= 11 is 0. The van der Waals surface area contributed by atoms with Gasteiger partial charge in [0.05, 0.1) is 19.1 Å². The minimum Gasteiger partial charge on any atom is -0.495 e. The van der Waals surface area contributed by atoms with Crippen LogP contribution in [0.2, 0.25) is 0 Å². The molecule has 0 saturated heterocycles. The molecule has 0 aliphatic carbocycles. The van der Waals surface area contributed by atoms with Crippen molar-refractivity contribution < 1.29 is 32.5 Å². The van der Waals surface area contributed by atoms with Gasteiger partial charge in [0.25, 0.3) is 0 Å². The molecule has 0 fully saturated rings. The Hall–Kier alpha value is -2.20. The number of fused-ring (bicyclic) bond motifs is 1. The van der Waals surface area contributed by atoms with E-state index in [0.717, 1.165) is 6.26 Å². The van der Waals surface area contributed by atoms with E-state index in [1.807, 2.05) is 0 Å². The second-order valence-electron chi connectivity index (χ2n) is 5.97. The predicted octanol–water partition coefficient (Wildman–Crippen LogP) is 0.735. The first-order valence-corrected chi connectivity index (χ1v) is 8.86. The van der Waals surface area contributed by atoms with Crippen LogP contribution in [0.25, 0.3) is 0 Å². The third-order valence-corrected chi connectivity index (χ3v) is 4.14. The van der Waals surface area contributed by atoms with E-state index >= 15 is 0 Å². The lowest BCUT2D eigenvalue weighted by atomic mass is 9.88. The van der Waals surface area contributed by atoms with Crippen molar-refractivity contribution in [2.75, 3.05) is 18.1 Å². The van der Waals surface area contributed by atoms with Crippen molar-refractivity contribution in [3.63, 3.8) is 0 Å². The molecule has 10 heteroatoms. The number of carbonyl (C=O) groups is 1. The van der Waals surface area contributed by atoms with Crippen molar-refractivity contribution in [1.29, 1.82) is 0 Å². The molecule has 1 amide bonds. The molecule has 0 radical (unpaired) electrons. The monoisotopic (exact) mass is 360 g/mol. The Morgan fingerprint density at radius 1 is 1.42 bits per heavy atom. The Bertz CT molecular complexity index is 761. The van der Waals surface area contributed by atoms with Crippen LogP contribution in [-0.2, 0) is 14.8 Å². The number of amides is 1. The van der Waals surface area contributed by atoms with E-state index in [0.29, 0.717) is 5.56 Å². The SMILES string of the molecule is COc1cc2c(cc1NS(C)(=O)=O)OC(C)(C)C(O)C2OC(N)=O. The van der Waals surface area contributed by atoms with E-state index < -0.39 is 33.9 Å². The lowest BCUT2D eigenvalue weighted by molar-refractivity contribution is -0.112. The molecular formula is C14H20N2O7S. The highest BCUT2D eigenvalue weighted by Crippen LogP contribution is 2.45. The highest BCUT2D eigenvalue weighted by atomic mass is 32.2. The van der Waals surface area contributed by atoms with Gasteiger partial charge in [0.1, 0.15) is 23.2 Å². The number of nitrogens with two attached hydrogens (primary N) is 1. The van der Waals surface area contributed by atoms with Crippen LogP contribution in [0.3, 0.4) is 0 Å². The summed E-state index contributed by atoms with van der Waals surface area (Å²) in [5.41, 5.74) is 4.46. The molecule has 2 unspecified atom stereocenters. The Morgan fingerprint density at radius 2 is 2.04 bits per heavy atom. The van der Waals surface area contributed by atoms with Crippen LogP contribution in [0.4, 0.5) is 10.5 Å². The number of aliphatic hydroxyl groups is 1. The smallest absolute Gasteiger partial charge is 0.405 e. The molecule has 0 spiro atoms. The maximum atomic E-state index is 11.5. The first-order valence-electron chi connectivity index (χ1n) is 6.97. The summed E-state index contributed by atoms with van der Waals surface area (Å²) in [6.07, 6.45) is -2.32. The maximum absolute atomic E-state index is 11.5. The zero-order valence-electron chi connectivity index (χ0n) is 13.7. The second-order valence-corrected chi connectivity index (χ2v) is 7.72. The van der Waals surface area contributed by atoms with E-state index in [1.165, 1.54) is 19.2 Å². The number of carbonyl (C=O) groups excluding carboxylic acids is 1. The molecule has 0 bridgehead atoms. The topological polar surface area (TPSA) is 137 Å². The van der Waals surface area contributed by atoms with Gasteiger partial charge in [0.2, 0.25) is 10.0 Å². The molecule has 1 aromatic carbocycles. The van der Waals surface area contributed by atoms with Crippen molar-refractivity contribution in [2.45, 2.75) is 31.7 Å². The average Bonchev–Trinajstić information content (AvgIpc) is 2.41. The summed E-state index contributed by atoms with van der Waals surface area (Å²) in [4.78, 5) is 11.2. The largest absolute Gasteiger partial charge is 0.495 e. The molecule has 2 rings (SSSR count). The van der Waals surface area contributed by atoms with Gasteiger partial charge in [-0.25, -0.2) is 13.2 Å². The molecule has 0 saturated carbocycles. The molecule has 2 atom stereocenters. The molecule has 1 heterocycles. The fraction of sp³-hybridized carbons (Fsp3) is 0.500. The summed E-state index contributed by atoms with van der Waals surface area (Å²) < 4.78 is 41.2. The van der Waals surface area contributed by atoms with E-state index in [1.54, 1.807) is 13.8 Å². The normalized spacial score (nSPS) is 22.0. The molecule has 24 heavy (non-hydrogen) atoms. The summed E-state index contributed by atoms with van der Waals surface area (Å²) in [6.45, 7) is 3.21. The van der Waals surface area contributed by atoms with Crippen LogP contribution in [0.1, 0.15) is 25.5 Å². The van der Waals surface area contributed by atoms with Crippen LogP contribution >= 0.6 is 0 Å². The number of primary amides is 1. The lowest BCUT2D eigenvalue weighted by Crippen LogP contribution is -2.50. The first kappa shape index (κ1) is 18.1. The predicted molar refractivity (Wildman–Crippen MR) is 85.6 cm³/mol. The Labute approximate surface area is 139 Å². The van der Waals surface area contributed by atoms with Gasteiger partial charge < -0.3 is 25.1 Å². The molecule has 1 aromatic rings. The lowest BCUT2D eigenvalue weighted by Gasteiger charge is -2.41. The van der Waals surface area contributed by atoms with Crippen LogP contribution in [0.15, 0.2) is 12.1 Å². The number of ether oxygens (including phenoxy) is 3. The van der Waals surface area contributed by atoms with Gasteiger partial charge in [-0.05, 0) is 19.9 Å². The van der Waals surface area contributed by atoms with Crippen LogP contribution in [0.5, 0.6) is 11.5 Å². The number of benzene rings is 1. The molecular weight excluding hydrogens is 340 g/mol. The van der Waals surface area contributed by atoms with Crippen LogP contribution < -0.4 is 19.9 Å².